The largest absolute Gasteiger partial charge is 0.124 e. The normalized spacial score (nSPS) is 19.1. The van der Waals surface area contributed by atoms with E-state index in [0.717, 1.165) is 11.3 Å². The first-order chi connectivity index (χ1) is 8.65. The molecule has 0 aromatic carbocycles. The second-order valence-corrected chi connectivity index (χ2v) is 15.9. The predicted octanol–water partition coefficient (Wildman–Crippen LogP) is 5.12. The van der Waals surface area contributed by atoms with E-state index in [1.54, 1.807) is 0 Å². The van der Waals surface area contributed by atoms with Crippen molar-refractivity contribution in [3.8, 4) is 0 Å². The van der Waals surface area contributed by atoms with Crippen molar-refractivity contribution in [1.29, 1.82) is 0 Å². The average molecular weight is 322 g/mol. The maximum Gasteiger partial charge on any atom is -0.00291 e. The molecule has 0 aliphatic heterocycles. The zero-order valence-electron chi connectivity index (χ0n) is 14.1. The average Bonchev–Trinajstić information content (AvgIpc) is 2.32. The molecule has 0 saturated heterocycles. The Labute approximate surface area is 124 Å². The van der Waals surface area contributed by atoms with Gasteiger partial charge in [0.25, 0.3) is 0 Å². The van der Waals surface area contributed by atoms with Crippen molar-refractivity contribution in [1.82, 2.24) is 0 Å². The Balaban J connectivity index is 5.09. The van der Waals surface area contributed by atoms with Crippen molar-refractivity contribution in [3.05, 3.63) is 0 Å². The third kappa shape index (κ3) is 6.93. The van der Waals surface area contributed by atoms with Crippen molar-refractivity contribution in [3.63, 3.8) is 0 Å². The lowest BCUT2D eigenvalue weighted by molar-refractivity contribution is 0.498. The molecule has 0 spiro atoms. The second-order valence-electron chi connectivity index (χ2n) is 6.88. The molecule has 0 aliphatic carbocycles. The van der Waals surface area contributed by atoms with Crippen LogP contribution in [0.3, 0.4) is 0 Å². The van der Waals surface area contributed by atoms with E-state index in [4.69, 9.17) is 6.30 Å². The summed E-state index contributed by atoms with van der Waals surface area (Å²) in [6.45, 7) is 14.2. The van der Waals surface area contributed by atoms with E-state index >= 15 is 0 Å². The molecule has 0 fully saturated rings. The fraction of sp³-hybridized carbons (Fsp3) is 0.812. The molecule has 0 N–H and O–H groups in total. The van der Waals surface area contributed by atoms with Crippen LogP contribution < -0.4 is 0 Å². The van der Waals surface area contributed by atoms with Crippen LogP contribution in [-0.4, -0.2) is 47.9 Å². The van der Waals surface area contributed by atoms with Crippen LogP contribution in [-0.2, 0) is 0 Å². The van der Waals surface area contributed by atoms with Gasteiger partial charge in [-0.2, -0.15) is 0 Å². The van der Waals surface area contributed by atoms with E-state index in [0.29, 0.717) is 5.16 Å². The Morgan fingerprint density at radius 3 is 1.89 bits per heavy atom. The van der Waals surface area contributed by atoms with Gasteiger partial charge < -0.3 is 0 Å². The van der Waals surface area contributed by atoms with Gasteiger partial charge in [-0.15, -0.1) is 41.5 Å². The molecule has 0 amide bonds. The van der Waals surface area contributed by atoms with Crippen LogP contribution >= 0.6 is 22.6 Å². The van der Waals surface area contributed by atoms with E-state index in [1.807, 2.05) is 0 Å². The van der Waals surface area contributed by atoms with E-state index in [2.05, 4.69) is 54.1 Å². The van der Waals surface area contributed by atoms with E-state index in [9.17, 15) is 0 Å². The monoisotopic (exact) mass is 322 g/mol. The third-order valence-corrected chi connectivity index (χ3v) is 14.3. The lowest BCUT2D eigenvalue weighted by atomic mass is 10.00. The van der Waals surface area contributed by atoms with Crippen molar-refractivity contribution < 1.29 is 0 Å². The minimum Gasteiger partial charge on any atom is -0.124 e. The third-order valence-electron chi connectivity index (χ3n) is 4.15. The minimum atomic E-state index is -0.597. The smallest absolute Gasteiger partial charge is 0.00291 e. The van der Waals surface area contributed by atoms with E-state index in [-0.39, 0.29) is 0 Å². The summed E-state index contributed by atoms with van der Waals surface area (Å²) >= 11 is 0. The Morgan fingerprint density at radius 1 is 1.00 bits per heavy atom. The Kier molecular flexibility index (Phi) is 9.46. The molecule has 3 heteroatoms. The summed E-state index contributed by atoms with van der Waals surface area (Å²) in [6.07, 6.45) is 18.9. The summed E-state index contributed by atoms with van der Waals surface area (Å²) in [6, 6.07) is 0. The van der Waals surface area contributed by atoms with Crippen LogP contribution in [0.2, 0.25) is 0 Å². The highest BCUT2D eigenvalue weighted by Gasteiger charge is 2.28. The molecule has 0 saturated carbocycles. The summed E-state index contributed by atoms with van der Waals surface area (Å²) in [5, 5.41) is 1.28. The fourth-order valence-electron chi connectivity index (χ4n) is 2.82. The summed E-state index contributed by atoms with van der Waals surface area (Å²) < 4.78 is 0. The molecule has 0 aliphatic rings. The second kappa shape index (κ2) is 9.03. The molecule has 4 atom stereocenters. The molecular formula is C16H37P3. The van der Waals surface area contributed by atoms with Crippen LogP contribution in [0.4, 0.5) is 0 Å². The first-order valence-corrected chi connectivity index (χ1v) is 13.6. The maximum atomic E-state index is 4.70. The molecule has 0 nitrogen and oxygen atoms in total. The van der Waals surface area contributed by atoms with Crippen LogP contribution in [0.1, 0.15) is 48.0 Å². The molecule has 0 aromatic heterocycles. The summed E-state index contributed by atoms with van der Waals surface area (Å²) in [5.41, 5.74) is 0. The van der Waals surface area contributed by atoms with E-state index in [1.165, 1.54) is 24.9 Å². The van der Waals surface area contributed by atoms with Gasteiger partial charge >= 0.3 is 0 Å². The molecule has 0 bridgehead atoms. The van der Waals surface area contributed by atoms with Crippen LogP contribution in [0.15, 0.2) is 0 Å². The lowest BCUT2D eigenvalue weighted by Crippen LogP contribution is -2.22. The van der Waals surface area contributed by atoms with Crippen molar-refractivity contribution >= 4 is 41.5 Å². The summed E-state index contributed by atoms with van der Waals surface area (Å²) in [4.78, 5) is 0. The quantitative estimate of drug-likeness (QED) is 0.517. The van der Waals surface area contributed by atoms with Crippen molar-refractivity contribution in [2.75, 3.05) is 18.5 Å². The number of rotatable bonds is 9. The Bertz CT molecular complexity index is 340. The van der Waals surface area contributed by atoms with Crippen LogP contribution in [0.25, 0.3) is 0 Å². The molecule has 0 radical (unpaired) electrons. The van der Waals surface area contributed by atoms with Gasteiger partial charge in [-0.05, 0) is 41.4 Å². The van der Waals surface area contributed by atoms with Gasteiger partial charge in [-0.3, -0.25) is 0 Å². The molecule has 0 aromatic rings. The Morgan fingerprint density at radius 2 is 1.53 bits per heavy atom. The summed E-state index contributed by atoms with van der Waals surface area (Å²) in [7, 11) is -1.46. The number of hydrogen-bond acceptors (Lipinski definition) is 0. The molecular weight excluding hydrogens is 285 g/mol. The first-order valence-electron chi connectivity index (χ1n) is 7.69. The van der Waals surface area contributed by atoms with Crippen LogP contribution in [0, 0.1) is 5.92 Å². The number of hydrogen-bond donors (Lipinski definition) is 0. The molecule has 19 heavy (non-hydrogen) atoms. The highest BCUT2D eigenvalue weighted by atomic mass is 31.2. The first kappa shape index (κ1) is 19.9. The van der Waals surface area contributed by atoms with Gasteiger partial charge in [0.1, 0.15) is 0 Å². The maximum absolute atomic E-state index is 4.70. The fourth-order valence-corrected chi connectivity index (χ4v) is 13.4. The molecule has 0 heterocycles. The molecule has 116 valence electrons. The highest BCUT2D eigenvalue weighted by molar-refractivity contribution is 7.75. The van der Waals surface area contributed by atoms with Crippen molar-refractivity contribution in [2.45, 2.75) is 58.5 Å². The highest BCUT2D eigenvalue weighted by Crippen LogP contribution is 2.56. The predicted molar refractivity (Wildman–Crippen MR) is 110 cm³/mol. The van der Waals surface area contributed by atoms with Gasteiger partial charge in [0.05, 0.1) is 0 Å². The standard InChI is InChI=1S/C16H37P3/c1-10-17(7)13-15(18(8)11-2)19(9)16(5,6)12-14(3)4/h14-15,17-19H,7-13H2,1-6H3. The lowest BCUT2D eigenvalue weighted by Gasteiger charge is -2.37. The Hall–Kier alpha value is 0.900. The minimum absolute atomic E-state index is 0.393. The van der Waals surface area contributed by atoms with Gasteiger partial charge in [0.15, 0.2) is 0 Å². The van der Waals surface area contributed by atoms with Gasteiger partial charge in [-0.1, -0.05) is 41.5 Å². The van der Waals surface area contributed by atoms with Crippen LogP contribution in [0.5, 0.6) is 0 Å². The van der Waals surface area contributed by atoms with E-state index < -0.39 is 22.6 Å². The zero-order valence-corrected chi connectivity index (χ0v) is 17.1. The molecule has 0 rings (SSSR count). The van der Waals surface area contributed by atoms with Crippen molar-refractivity contribution in [2.24, 2.45) is 5.92 Å². The van der Waals surface area contributed by atoms with Gasteiger partial charge in [0.2, 0.25) is 0 Å². The zero-order chi connectivity index (χ0) is 15.2. The molecule has 4 unspecified atom stereocenters. The SMILES string of the molecule is C=[PH](CC)CC([PH](=C)CC)[PH](=C)C(C)(C)CC(C)C. The van der Waals surface area contributed by atoms with Gasteiger partial charge in [-0.25, -0.2) is 0 Å². The summed E-state index contributed by atoms with van der Waals surface area (Å²) in [5.74, 6) is 0.773. The van der Waals surface area contributed by atoms with Gasteiger partial charge in [0, 0.05) is 0 Å². The topological polar surface area (TPSA) is 0 Å².